The van der Waals surface area contributed by atoms with Gasteiger partial charge in [-0.15, -0.1) is 11.3 Å². The molecule has 3 rings (SSSR count). The molecule has 2 aromatic heterocycles. The first-order valence-electron chi connectivity index (χ1n) is 7.47. The van der Waals surface area contributed by atoms with Crippen molar-refractivity contribution in [1.29, 1.82) is 0 Å². The molecule has 0 bridgehead atoms. The van der Waals surface area contributed by atoms with Gasteiger partial charge in [0, 0.05) is 11.1 Å². The van der Waals surface area contributed by atoms with Gasteiger partial charge in [0.05, 0.1) is 10.5 Å². The van der Waals surface area contributed by atoms with Crippen molar-refractivity contribution in [3.05, 3.63) is 74.8 Å². The van der Waals surface area contributed by atoms with Crippen LogP contribution in [0.3, 0.4) is 0 Å². The lowest BCUT2D eigenvalue weighted by Crippen LogP contribution is -2.26. The summed E-state index contributed by atoms with van der Waals surface area (Å²) in [5.74, 6) is -0.142. The van der Waals surface area contributed by atoms with E-state index in [1.54, 1.807) is 23.5 Å². The zero-order valence-corrected chi connectivity index (χ0v) is 15.6. The van der Waals surface area contributed by atoms with E-state index in [2.05, 4.69) is 26.2 Å². The van der Waals surface area contributed by atoms with Crippen LogP contribution in [0.25, 0.3) is 0 Å². The minimum Gasteiger partial charge on any atom is -0.437 e. The smallest absolute Gasteiger partial charge is 0.257 e. The maximum Gasteiger partial charge on any atom is 0.257 e. The van der Waals surface area contributed by atoms with Crippen LogP contribution in [-0.2, 0) is 0 Å². The monoisotopic (exact) mass is 420 g/mol. The van der Waals surface area contributed by atoms with E-state index in [0.29, 0.717) is 15.8 Å². The van der Waals surface area contributed by atoms with Crippen LogP contribution in [0, 0.1) is 5.82 Å². The molecule has 1 aromatic carbocycles. The molecule has 2 heterocycles. The zero-order valence-electron chi connectivity index (χ0n) is 13.2. The highest BCUT2D eigenvalue weighted by atomic mass is 79.9. The summed E-state index contributed by atoms with van der Waals surface area (Å²) in [5.41, 5.74) is 0.308. The van der Waals surface area contributed by atoms with Crippen LogP contribution < -0.4 is 10.1 Å². The molecule has 0 saturated carbocycles. The van der Waals surface area contributed by atoms with Crippen LogP contribution in [0.5, 0.6) is 11.6 Å². The van der Waals surface area contributed by atoms with Crippen LogP contribution in [-0.4, -0.2) is 10.9 Å². The standard InChI is InChI=1S/C18H14BrFN2O2S/c1-11(16-5-3-9-25-16)22-17(23)13-4-2-8-21-18(13)24-15-7-6-12(20)10-14(15)19/h2-11H,1H3,(H,22,23)/t11-/m1/s1. The zero-order chi connectivity index (χ0) is 17.8. The molecule has 4 nitrogen and oxygen atoms in total. The van der Waals surface area contributed by atoms with Gasteiger partial charge >= 0.3 is 0 Å². The Morgan fingerprint density at radius 2 is 2.16 bits per heavy atom. The van der Waals surface area contributed by atoms with Crippen LogP contribution in [0.1, 0.15) is 28.2 Å². The Bertz CT molecular complexity index is 887. The number of thiophene rings is 1. The van der Waals surface area contributed by atoms with Crippen molar-refractivity contribution in [2.24, 2.45) is 0 Å². The van der Waals surface area contributed by atoms with Crippen molar-refractivity contribution in [1.82, 2.24) is 10.3 Å². The largest absolute Gasteiger partial charge is 0.437 e. The number of aromatic nitrogens is 1. The third-order valence-electron chi connectivity index (χ3n) is 3.43. The highest BCUT2D eigenvalue weighted by Gasteiger charge is 2.18. The topological polar surface area (TPSA) is 51.2 Å². The minimum atomic E-state index is -0.386. The van der Waals surface area contributed by atoms with Crippen molar-refractivity contribution < 1.29 is 13.9 Å². The molecule has 7 heteroatoms. The summed E-state index contributed by atoms with van der Waals surface area (Å²) in [6.07, 6.45) is 1.53. The lowest BCUT2D eigenvalue weighted by molar-refractivity contribution is 0.0937. The fraction of sp³-hybridized carbons (Fsp3) is 0.111. The van der Waals surface area contributed by atoms with Gasteiger partial charge in [0.25, 0.3) is 5.91 Å². The summed E-state index contributed by atoms with van der Waals surface area (Å²) in [4.78, 5) is 17.8. The second kappa shape index (κ2) is 7.76. The first-order valence-corrected chi connectivity index (χ1v) is 9.14. The highest BCUT2D eigenvalue weighted by Crippen LogP contribution is 2.31. The molecule has 0 aliphatic rings. The number of halogens is 2. The molecule has 0 spiro atoms. The number of amides is 1. The number of carbonyl (C=O) groups excluding carboxylic acids is 1. The fourth-order valence-electron chi connectivity index (χ4n) is 2.19. The molecule has 3 aromatic rings. The van der Waals surface area contributed by atoms with Gasteiger partial charge in [-0.05, 0) is 64.6 Å². The van der Waals surface area contributed by atoms with E-state index < -0.39 is 0 Å². The summed E-state index contributed by atoms with van der Waals surface area (Å²) in [6.45, 7) is 1.91. The second-order valence-electron chi connectivity index (χ2n) is 5.24. The van der Waals surface area contributed by atoms with Gasteiger partial charge in [0.1, 0.15) is 17.1 Å². The third kappa shape index (κ3) is 4.24. The van der Waals surface area contributed by atoms with Crippen molar-refractivity contribution in [3.8, 4) is 11.6 Å². The number of nitrogens with one attached hydrogen (secondary N) is 1. The number of ether oxygens (including phenoxy) is 1. The molecule has 1 amide bonds. The van der Waals surface area contributed by atoms with Gasteiger partial charge in [-0.1, -0.05) is 6.07 Å². The molecule has 1 N–H and O–H groups in total. The van der Waals surface area contributed by atoms with Gasteiger partial charge < -0.3 is 10.1 Å². The Balaban J connectivity index is 1.81. The summed E-state index contributed by atoms with van der Waals surface area (Å²) >= 11 is 4.82. The SMILES string of the molecule is C[C@@H](NC(=O)c1cccnc1Oc1ccc(F)cc1Br)c1cccs1. The van der Waals surface area contributed by atoms with Gasteiger partial charge in [0.2, 0.25) is 5.88 Å². The van der Waals surface area contributed by atoms with Gasteiger partial charge in [-0.25, -0.2) is 9.37 Å². The Hall–Kier alpha value is -2.25. The fourth-order valence-corrected chi connectivity index (χ4v) is 3.36. The van der Waals surface area contributed by atoms with Gasteiger partial charge in [0.15, 0.2) is 0 Å². The second-order valence-corrected chi connectivity index (χ2v) is 7.08. The van der Waals surface area contributed by atoms with E-state index in [4.69, 9.17) is 4.74 Å². The van der Waals surface area contributed by atoms with Crippen molar-refractivity contribution >= 4 is 33.2 Å². The summed E-state index contributed by atoms with van der Waals surface area (Å²) in [5, 5.41) is 4.89. The van der Waals surface area contributed by atoms with E-state index in [1.165, 1.54) is 24.4 Å². The molecular weight excluding hydrogens is 407 g/mol. The Morgan fingerprint density at radius 3 is 2.88 bits per heavy atom. The number of carbonyl (C=O) groups is 1. The molecule has 0 saturated heterocycles. The highest BCUT2D eigenvalue weighted by molar-refractivity contribution is 9.10. The Morgan fingerprint density at radius 1 is 1.32 bits per heavy atom. The maximum absolute atomic E-state index is 13.2. The van der Waals surface area contributed by atoms with E-state index in [1.807, 2.05) is 24.4 Å². The van der Waals surface area contributed by atoms with Gasteiger partial charge in [-0.2, -0.15) is 0 Å². The van der Waals surface area contributed by atoms with Crippen LogP contribution >= 0.6 is 27.3 Å². The molecule has 1 atom stereocenters. The Labute approximate surface area is 156 Å². The maximum atomic E-state index is 13.2. The number of nitrogens with zero attached hydrogens (tertiary/aromatic N) is 1. The van der Waals surface area contributed by atoms with E-state index in [9.17, 15) is 9.18 Å². The first kappa shape index (κ1) is 17.6. The number of hydrogen-bond donors (Lipinski definition) is 1. The van der Waals surface area contributed by atoms with Gasteiger partial charge in [-0.3, -0.25) is 4.79 Å². The van der Waals surface area contributed by atoms with E-state index in [0.717, 1.165) is 4.88 Å². The molecule has 0 unspecified atom stereocenters. The third-order valence-corrected chi connectivity index (χ3v) is 5.11. The van der Waals surface area contributed by atoms with Crippen molar-refractivity contribution in [2.75, 3.05) is 0 Å². The van der Waals surface area contributed by atoms with Crippen LogP contribution in [0.15, 0.2) is 58.5 Å². The van der Waals surface area contributed by atoms with Crippen molar-refractivity contribution in [3.63, 3.8) is 0 Å². The molecule has 25 heavy (non-hydrogen) atoms. The lowest BCUT2D eigenvalue weighted by Gasteiger charge is -2.14. The molecule has 0 aliphatic carbocycles. The number of benzene rings is 1. The average Bonchev–Trinajstić information content (AvgIpc) is 3.12. The minimum absolute atomic E-state index is 0.127. The summed E-state index contributed by atoms with van der Waals surface area (Å²) in [7, 11) is 0. The molecular formula is C18H14BrFN2O2S. The van der Waals surface area contributed by atoms with Crippen molar-refractivity contribution in [2.45, 2.75) is 13.0 Å². The Kier molecular flexibility index (Phi) is 5.45. The summed E-state index contributed by atoms with van der Waals surface area (Å²) < 4.78 is 19.4. The average molecular weight is 421 g/mol. The molecule has 0 radical (unpaired) electrons. The molecule has 0 fully saturated rings. The number of rotatable bonds is 5. The number of pyridine rings is 1. The van der Waals surface area contributed by atoms with E-state index >= 15 is 0 Å². The quantitative estimate of drug-likeness (QED) is 0.606. The normalized spacial score (nSPS) is 11.8. The van der Waals surface area contributed by atoms with E-state index in [-0.39, 0.29) is 23.6 Å². The molecule has 128 valence electrons. The molecule has 0 aliphatic heterocycles. The predicted molar refractivity (Wildman–Crippen MR) is 98.6 cm³/mol. The first-order chi connectivity index (χ1) is 12.0. The summed E-state index contributed by atoms with van der Waals surface area (Å²) in [6, 6.07) is 11.1. The van der Waals surface area contributed by atoms with Crippen LogP contribution in [0.4, 0.5) is 4.39 Å². The van der Waals surface area contributed by atoms with Crippen LogP contribution in [0.2, 0.25) is 0 Å². The predicted octanol–water partition coefficient (Wildman–Crippen LogP) is 5.33. The number of hydrogen-bond acceptors (Lipinski definition) is 4. The lowest BCUT2D eigenvalue weighted by atomic mass is 10.2.